The second-order valence-corrected chi connectivity index (χ2v) is 10.3. The molecule has 1 aliphatic rings. The number of piperidine rings is 1. The van der Waals surface area contributed by atoms with Gasteiger partial charge in [0.05, 0.1) is 20.8 Å². The number of amides is 1. The minimum atomic E-state index is -0.868. The van der Waals surface area contributed by atoms with Crippen molar-refractivity contribution >= 4 is 17.8 Å². The van der Waals surface area contributed by atoms with Crippen LogP contribution in [-0.2, 0) is 36.8 Å². The molecular formula is C31H44N4O6. The normalized spacial score (nSPS) is 15.4. The van der Waals surface area contributed by atoms with E-state index in [1.165, 1.54) is 7.11 Å². The number of rotatable bonds is 16. The Labute approximate surface area is 242 Å². The summed E-state index contributed by atoms with van der Waals surface area (Å²) in [6.45, 7) is 2.13. The summed E-state index contributed by atoms with van der Waals surface area (Å²) < 4.78 is 16.0. The van der Waals surface area contributed by atoms with Crippen LogP contribution < -0.4 is 21.1 Å². The monoisotopic (exact) mass is 568 g/mol. The van der Waals surface area contributed by atoms with Gasteiger partial charge in [-0.2, -0.15) is 0 Å². The number of carbonyl (C=O) groups excluding carboxylic acids is 3. The number of esters is 2. The molecular weight excluding hydrogens is 524 g/mol. The number of nitrogens with one attached hydrogen (secondary N) is 2. The van der Waals surface area contributed by atoms with E-state index in [1.54, 1.807) is 7.11 Å². The zero-order valence-corrected chi connectivity index (χ0v) is 24.2. The van der Waals surface area contributed by atoms with Crippen molar-refractivity contribution in [3.05, 3.63) is 65.7 Å². The molecule has 1 aliphatic heterocycles. The molecule has 1 heterocycles. The van der Waals surface area contributed by atoms with Crippen LogP contribution in [0.4, 0.5) is 0 Å². The second kappa shape index (κ2) is 17.4. The molecule has 1 saturated heterocycles. The van der Waals surface area contributed by atoms with Crippen LogP contribution in [0.25, 0.3) is 0 Å². The molecule has 10 nitrogen and oxygen atoms in total. The first kappa shape index (κ1) is 32.0. The number of methoxy groups -OCH3 is 2. The van der Waals surface area contributed by atoms with Crippen LogP contribution in [-0.4, -0.2) is 81.3 Å². The van der Waals surface area contributed by atoms with E-state index in [-0.39, 0.29) is 25.3 Å². The number of carbonyl (C=O) groups is 3. The molecule has 1 amide bonds. The van der Waals surface area contributed by atoms with Gasteiger partial charge in [-0.3, -0.25) is 19.7 Å². The zero-order chi connectivity index (χ0) is 29.5. The Kier molecular flexibility index (Phi) is 13.6. The van der Waals surface area contributed by atoms with E-state index in [0.717, 1.165) is 49.2 Å². The Morgan fingerprint density at radius 3 is 2.41 bits per heavy atom. The maximum absolute atomic E-state index is 13.5. The highest BCUT2D eigenvalue weighted by Crippen LogP contribution is 2.15. The average Bonchev–Trinajstić information content (AvgIpc) is 3.01. The number of hydrogen-bond acceptors (Lipinski definition) is 9. The summed E-state index contributed by atoms with van der Waals surface area (Å²) in [5.74, 6) is -0.314. The Hall–Kier alpha value is -3.47. The van der Waals surface area contributed by atoms with E-state index in [2.05, 4.69) is 10.6 Å². The predicted octanol–water partition coefficient (Wildman–Crippen LogP) is 2.19. The summed E-state index contributed by atoms with van der Waals surface area (Å²) in [4.78, 5) is 39.9. The summed E-state index contributed by atoms with van der Waals surface area (Å²) in [7, 11) is 2.90. The Balaban J connectivity index is 1.67. The van der Waals surface area contributed by atoms with Crippen molar-refractivity contribution < 1.29 is 28.6 Å². The third-order valence-corrected chi connectivity index (χ3v) is 7.23. The summed E-state index contributed by atoms with van der Waals surface area (Å²) >= 11 is 0. The molecule has 0 aromatic heterocycles. The van der Waals surface area contributed by atoms with E-state index in [9.17, 15) is 14.4 Å². The van der Waals surface area contributed by atoms with E-state index in [1.807, 2.05) is 59.5 Å². The van der Waals surface area contributed by atoms with Gasteiger partial charge in [-0.05, 0) is 55.4 Å². The topological polar surface area (TPSA) is 132 Å². The lowest BCUT2D eigenvalue weighted by Gasteiger charge is -2.29. The molecule has 1 fully saturated rings. The first-order chi connectivity index (χ1) is 19.9. The predicted molar refractivity (Wildman–Crippen MR) is 156 cm³/mol. The van der Waals surface area contributed by atoms with Crippen LogP contribution in [0.2, 0.25) is 0 Å². The van der Waals surface area contributed by atoms with Crippen molar-refractivity contribution in [1.82, 2.24) is 15.5 Å². The Bertz CT molecular complexity index is 1090. The van der Waals surface area contributed by atoms with Gasteiger partial charge >= 0.3 is 11.9 Å². The standard InChI is InChI=1S/C31H44N4O6/c1-39-25-13-9-12-24(18-25)20-33-21-28(26(32)19-23-10-5-3-6-11-23)41-31(38)27(34-22-30(37)40-2)14-15-29(36)35-16-7-4-8-17-35/h3,5-6,9-13,18,26-28,33-34H,4,7-8,14-17,19-22,32H2,1-2H3/t26?,27-,28?/m0/s1. The number of likely N-dealkylation sites (tertiary alicyclic amines) is 1. The second-order valence-electron chi connectivity index (χ2n) is 10.3. The molecule has 0 saturated carbocycles. The lowest BCUT2D eigenvalue weighted by molar-refractivity contribution is -0.153. The van der Waals surface area contributed by atoms with Crippen LogP contribution in [0.5, 0.6) is 5.75 Å². The molecule has 10 heteroatoms. The quantitative estimate of drug-likeness (QED) is 0.261. The van der Waals surface area contributed by atoms with Gasteiger partial charge in [-0.25, -0.2) is 0 Å². The van der Waals surface area contributed by atoms with Gasteiger partial charge in [0, 0.05) is 38.6 Å². The van der Waals surface area contributed by atoms with Crippen molar-refractivity contribution in [3.8, 4) is 5.75 Å². The van der Waals surface area contributed by atoms with Crippen molar-refractivity contribution in [1.29, 1.82) is 0 Å². The van der Waals surface area contributed by atoms with Crippen LogP contribution in [0, 0.1) is 0 Å². The molecule has 2 aromatic carbocycles. The zero-order valence-electron chi connectivity index (χ0n) is 24.2. The number of benzene rings is 2. The molecule has 41 heavy (non-hydrogen) atoms. The molecule has 3 rings (SSSR count). The maximum Gasteiger partial charge on any atom is 0.323 e. The molecule has 224 valence electrons. The minimum absolute atomic E-state index is 0.000321. The number of ether oxygens (including phenoxy) is 3. The fourth-order valence-electron chi connectivity index (χ4n) is 4.82. The average molecular weight is 569 g/mol. The van der Waals surface area contributed by atoms with Gasteiger partial charge in [0.2, 0.25) is 5.91 Å². The van der Waals surface area contributed by atoms with Gasteiger partial charge in [0.25, 0.3) is 0 Å². The molecule has 2 unspecified atom stereocenters. The largest absolute Gasteiger partial charge is 0.497 e. The number of nitrogens with zero attached hydrogens (tertiary/aromatic N) is 1. The summed E-state index contributed by atoms with van der Waals surface area (Å²) in [5.41, 5.74) is 8.64. The summed E-state index contributed by atoms with van der Waals surface area (Å²) in [6.07, 6.45) is 3.31. The molecule has 0 aliphatic carbocycles. The van der Waals surface area contributed by atoms with Crippen LogP contribution in [0.15, 0.2) is 54.6 Å². The minimum Gasteiger partial charge on any atom is -0.497 e. The molecule has 0 bridgehead atoms. The molecule has 4 N–H and O–H groups in total. The smallest absolute Gasteiger partial charge is 0.323 e. The van der Waals surface area contributed by atoms with E-state index >= 15 is 0 Å². The highest BCUT2D eigenvalue weighted by atomic mass is 16.5. The van der Waals surface area contributed by atoms with Crippen LogP contribution in [0.3, 0.4) is 0 Å². The SMILES string of the molecule is COC(=O)CN[C@@H](CCC(=O)N1CCCCC1)C(=O)OC(CNCc1cccc(OC)c1)C(N)Cc1ccccc1. The van der Waals surface area contributed by atoms with Crippen molar-refractivity contribution in [2.45, 2.75) is 63.3 Å². The van der Waals surface area contributed by atoms with Gasteiger partial charge in [-0.1, -0.05) is 42.5 Å². The van der Waals surface area contributed by atoms with Crippen LogP contribution in [0.1, 0.15) is 43.2 Å². The van der Waals surface area contributed by atoms with E-state index in [4.69, 9.17) is 19.9 Å². The first-order valence-corrected chi connectivity index (χ1v) is 14.3. The maximum atomic E-state index is 13.5. The van der Waals surface area contributed by atoms with E-state index < -0.39 is 30.1 Å². The highest BCUT2D eigenvalue weighted by molar-refractivity contribution is 5.80. The van der Waals surface area contributed by atoms with Gasteiger partial charge in [-0.15, -0.1) is 0 Å². The highest BCUT2D eigenvalue weighted by Gasteiger charge is 2.29. The number of nitrogens with two attached hydrogens (primary N) is 1. The lowest BCUT2D eigenvalue weighted by atomic mass is 10.0. The van der Waals surface area contributed by atoms with E-state index in [0.29, 0.717) is 19.5 Å². The molecule has 0 radical (unpaired) electrons. The van der Waals surface area contributed by atoms with Crippen molar-refractivity contribution in [2.24, 2.45) is 5.73 Å². The fraction of sp³-hybridized carbons (Fsp3) is 0.516. The third kappa shape index (κ3) is 11.1. The van der Waals surface area contributed by atoms with Gasteiger partial charge < -0.3 is 30.2 Å². The van der Waals surface area contributed by atoms with Crippen molar-refractivity contribution in [3.63, 3.8) is 0 Å². The van der Waals surface area contributed by atoms with Gasteiger partial charge in [0.1, 0.15) is 17.9 Å². The summed E-state index contributed by atoms with van der Waals surface area (Å²) in [6, 6.07) is 16.1. The molecule has 2 aromatic rings. The Morgan fingerprint density at radius 1 is 0.976 bits per heavy atom. The molecule has 3 atom stereocenters. The number of hydrogen-bond donors (Lipinski definition) is 3. The van der Waals surface area contributed by atoms with Crippen LogP contribution >= 0.6 is 0 Å². The van der Waals surface area contributed by atoms with Crippen molar-refractivity contribution in [2.75, 3.05) is 40.4 Å². The molecule has 0 spiro atoms. The fourth-order valence-corrected chi connectivity index (χ4v) is 4.82. The van der Waals surface area contributed by atoms with Gasteiger partial charge in [0.15, 0.2) is 0 Å². The Morgan fingerprint density at radius 2 is 1.71 bits per heavy atom. The summed E-state index contributed by atoms with van der Waals surface area (Å²) in [5, 5.41) is 6.27. The first-order valence-electron chi connectivity index (χ1n) is 14.3. The lowest BCUT2D eigenvalue weighted by Crippen LogP contribution is -2.50. The third-order valence-electron chi connectivity index (χ3n) is 7.23.